The fourth-order valence-electron chi connectivity index (χ4n) is 1.09. The van der Waals surface area contributed by atoms with Crippen molar-refractivity contribution in [3.05, 3.63) is 29.1 Å². The van der Waals surface area contributed by atoms with Gasteiger partial charge in [-0.15, -0.1) is 0 Å². The minimum Gasteiger partial charge on any atom is -0.380 e. The Kier molecular flexibility index (Phi) is 4.02. The first-order chi connectivity index (χ1) is 8.15. The molecule has 0 saturated heterocycles. The molecule has 0 radical (unpaired) electrons. The van der Waals surface area contributed by atoms with Crippen molar-refractivity contribution in [3.63, 3.8) is 0 Å². The van der Waals surface area contributed by atoms with Crippen molar-refractivity contribution in [2.45, 2.75) is 12.6 Å². The normalized spacial score (nSPS) is 11.8. The van der Waals surface area contributed by atoms with E-state index >= 15 is 0 Å². The molecular weight excluding hydrogens is 274 g/mol. The van der Waals surface area contributed by atoms with E-state index in [0.717, 1.165) is 0 Å². The first-order valence-electron chi connectivity index (χ1n) is 4.47. The van der Waals surface area contributed by atoms with Gasteiger partial charge in [0.05, 0.1) is 6.42 Å². The summed E-state index contributed by atoms with van der Waals surface area (Å²) in [4.78, 5) is 0. The predicted octanol–water partition coefficient (Wildman–Crippen LogP) is 3.75. The van der Waals surface area contributed by atoms with Crippen molar-refractivity contribution in [1.29, 1.82) is 0 Å². The largest absolute Gasteiger partial charge is 0.390 e. The molecule has 0 spiro atoms. The second-order valence-electron chi connectivity index (χ2n) is 3.24. The van der Waals surface area contributed by atoms with Crippen LogP contribution < -0.4 is 5.32 Å². The van der Waals surface area contributed by atoms with Gasteiger partial charge in [0.25, 0.3) is 0 Å². The Morgan fingerprint density at radius 1 is 0.722 bits per heavy atom. The number of benzene rings is 1. The van der Waals surface area contributed by atoms with Crippen molar-refractivity contribution in [2.75, 3.05) is 11.9 Å². The number of nitrogens with one attached hydrogen (secondary N) is 1. The van der Waals surface area contributed by atoms with Crippen LogP contribution in [0.3, 0.4) is 0 Å². The molecule has 18 heavy (non-hydrogen) atoms. The molecule has 102 valence electrons. The Balaban J connectivity index is 2.96. The molecule has 0 amide bonds. The summed E-state index contributed by atoms with van der Waals surface area (Å²) in [5.41, 5.74) is -1.48. The standard InChI is InChI=1S/C9H5F8N/c10-3-4(11)6(13)8(7(14)5(3)12)18-2-1-9(15,16)17/h18H,1-2H2. The molecule has 0 aliphatic rings. The summed E-state index contributed by atoms with van der Waals surface area (Å²) < 4.78 is 99.0. The highest BCUT2D eigenvalue weighted by Crippen LogP contribution is 2.27. The van der Waals surface area contributed by atoms with E-state index in [-0.39, 0.29) is 0 Å². The van der Waals surface area contributed by atoms with Gasteiger partial charge in [-0.05, 0) is 0 Å². The van der Waals surface area contributed by atoms with E-state index < -0.39 is 53.9 Å². The second kappa shape index (κ2) is 4.99. The Morgan fingerprint density at radius 2 is 1.11 bits per heavy atom. The summed E-state index contributed by atoms with van der Waals surface area (Å²) >= 11 is 0. The smallest absolute Gasteiger partial charge is 0.380 e. The van der Waals surface area contributed by atoms with E-state index in [1.54, 1.807) is 0 Å². The van der Waals surface area contributed by atoms with Gasteiger partial charge in [-0.2, -0.15) is 13.2 Å². The highest BCUT2D eigenvalue weighted by molar-refractivity contribution is 5.47. The molecular formula is C9H5F8N. The maximum atomic E-state index is 13.0. The van der Waals surface area contributed by atoms with Crippen LogP contribution in [0.4, 0.5) is 40.8 Å². The maximum Gasteiger partial charge on any atom is 0.390 e. The van der Waals surface area contributed by atoms with Crippen LogP contribution in [-0.4, -0.2) is 12.7 Å². The summed E-state index contributed by atoms with van der Waals surface area (Å²) in [7, 11) is 0. The SMILES string of the molecule is Fc1c(F)c(F)c(NCCC(F)(F)F)c(F)c1F. The minimum absolute atomic E-state index is 1.01. The van der Waals surface area contributed by atoms with Gasteiger partial charge in [-0.25, -0.2) is 22.0 Å². The zero-order chi connectivity index (χ0) is 14.1. The molecule has 0 saturated carbocycles. The lowest BCUT2D eigenvalue weighted by molar-refractivity contribution is -0.131. The Morgan fingerprint density at radius 3 is 1.50 bits per heavy atom. The second-order valence-corrected chi connectivity index (χ2v) is 3.24. The Hall–Kier alpha value is -1.54. The highest BCUT2D eigenvalue weighted by atomic mass is 19.4. The van der Waals surface area contributed by atoms with E-state index in [0.29, 0.717) is 0 Å². The van der Waals surface area contributed by atoms with Gasteiger partial charge < -0.3 is 5.32 Å². The molecule has 1 aromatic carbocycles. The molecule has 1 N–H and O–H groups in total. The molecule has 1 aromatic rings. The number of alkyl halides is 3. The predicted molar refractivity (Wildman–Crippen MR) is 45.4 cm³/mol. The van der Waals surface area contributed by atoms with Crippen molar-refractivity contribution >= 4 is 5.69 Å². The van der Waals surface area contributed by atoms with Gasteiger partial charge in [0.1, 0.15) is 5.69 Å². The fourth-order valence-corrected chi connectivity index (χ4v) is 1.09. The molecule has 0 bridgehead atoms. The molecule has 0 atom stereocenters. The van der Waals surface area contributed by atoms with Crippen LogP contribution in [0.5, 0.6) is 0 Å². The summed E-state index contributed by atoms with van der Waals surface area (Å²) in [6.45, 7) is -1.01. The number of hydrogen-bond donors (Lipinski definition) is 1. The monoisotopic (exact) mass is 279 g/mol. The van der Waals surface area contributed by atoms with E-state index in [4.69, 9.17) is 0 Å². The molecule has 0 unspecified atom stereocenters. The summed E-state index contributed by atoms with van der Waals surface area (Å²) in [6, 6.07) is 0. The summed E-state index contributed by atoms with van der Waals surface area (Å²) in [6.07, 6.45) is -6.09. The van der Waals surface area contributed by atoms with Crippen LogP contribution in [0.15, 0.2) is 0 Å². The third kappa shape index (κ3) is 3.02. The summed E-state index contributed by atoms with van der Waals surface area (Å²) in [5, 5.41) is 1.53. The van der Waals surface area contributed by atoms with Crippen molar-refractivity contribution in [1.82, 2.24) is 0 Å². The van der Waals surface area contributed by atoms with Crippen LogP contribution in [0.1, 0.15) is 6.42 Å². The molecule has 9 heteroatoms. The van der Waals surface area contributed by atoms with Crippen molar-refractivity contribution in [2.24, 2.45) is 0 Å². The molecule has 0 aromatic heterocycles. The number of halogens is 8. The number of hydrogen-bond acceptors (Lipinski definition) is 1. The zero-order valence-corrected chi connectivity index (χ0v) is 8.44. The summed E-state index contributed by atoms with van der Waals surface area (Å²) in [5.74, 6) is -11.2. The van der Waals surface area contributed by atoms with Crippen LogP contribution in [-0.2, 0) is 0 Å². The van der Waals surface area contributed by atoms with Gasteiger partial charge in [0, 0.05) is 6.54 Å². The molecule has 1 nitrogen and oxygen atoms in total. The number of rotatable bonds is 3. The van der Waals surface area contributed by atoms with E-state index in [1.165, 1.54) is 5.32 Å². The molecule has 0 fully saturated rings. The fraction of sp³-hybridized carbons (Fsp3) is 0.333. The van der Waals surface area contributed by atoms with Crippen molar-refractivity contribution in [3.8, 4) is 0 Å². The number of anilines is 1. The highest BCUT2D eigenvalue weighted by Gasteiger charge is 2.29. The van der Waals surface area contributed by atoms with Gasteiger partial charge in [-0.3, -0.25) is 0 Å². The zero-order valence-electron chi connectivity index (χ0n) is 8.44. The van der Waals surface area contributed by atoms with Crippen LogP contribution >= 0.6 is 0 Å². The molecule has 0 heterocycles. The Labute approximate surface area is 95.4 Å². The van der Waals surface area contributed by atoms with Crippen molar-refractivity contribution < 1.29 is 35.1 Å². The maximum absolute atomic E-state index is 13.0. The average Bonchev–Trinajstić information content (AvgIpc) is 2.27. The third-order valence-corrected chi connectivity index (χ3v) is 1.92. The molecule has 0 aliphatic carbocycles. The lowest BCUT2D eigenvalue weighted by atomic mass is 10.2. The Bertz CT molecular complexity index is 424. The minimum atomic E-state index is -4.61. The molecule has 0 aliphatic heterocycles. The van der Waals surface area contributed by atoms with Gasteiger partial charge in [-0.1, -0.05) is 0 Å². The lowest BCUT2D eigenvalue weighted by Crippen LogP contribution is -2.17. The van der Waals surface area contributed by atoms with E-state index in [9.17, 15) is 35.1 Å². The van der Waals surface area contributed by atoms with Gasteiger partial charge in [0.2, 0.25) is 5.82 Å². The first kappa shape index (κ1) is 14.5. The van der Waals surface area contributed by atoms with E-state index in [1.807, 2.05) is 0 Å². The van der Waals surface area contributed by atoms with Crippen LogP contribution in [0, 0.1) is 29.1 Å². The topological polar surface area (TPSA) is 12.0 Å². The van der Waals surface area contributed by atoms with Gasteiger partial charge in [0.15, 0.2) is 23.3 Å². The lowest BCUT2D eigenvalue weighted by Gasteiger charge is -2.11. The third-order valence-electron chi connectivity index (χ3n) is 1.92. The van der Waals surface area contributed by atoms with Crippen LogP contribution in [0.2, 0.25) is 0 Å². The first-order valence-corrected chi connectivity index (χ1v) is 4.47. The average molecular weight is 279 g/mol. The van der Waals surface area contributed by atoms with Crippen LogP contribution in [0.25, 0.3) is 0 Å². The van der Waals surface area contributed by atoms with E-state index in [2.05, 4.69) is 0 Å². The van der Waals surface area contributed by atoms with Gasteiger partial charge >= 0.3 is 6.18 Å². The molecule has 1 rings (SSSR count). The quantitative estimate of drug-likeness (QED) is 0.505.